The van der Waals surface area contributed by atoms with Crippen molar-refractivity contribution in [3.05, 3.63) is 53.1 Å². The summed E-state index contributed by atoms with van der Waals surface area (Å²) in [4.78, 5) is 12.1. The Hall–Kier alpha value is -2.13. The Bertz CT molecular complexity index is 959. The molecule has 28 heavy (non-hydrogen) atoms. The first kappa shape index (κ1) is 20.6. The first-order chi connectivity index (χ1) is 13.4. The number of carbonyl (C=O) groups excluding carboxylic acids is 1. The van der Waals surface area contributed by atoms with Gasteiger partial charge in [0.05, 0.1) is 23.1 Å². The van der Waals surface area contributed by atoms with Crippen molar-refractivity contribution < 1.29 is 22.7 Å². The number of sulfonamides is 1. The van der Waals surface area contributed by atoms with Crippen LogP contribution in [0.25, 0.3) is 0 Å². The number of nitrogens with zero attached hydrogens (tertiary/aromatic N) is 1. The van der Waals surface area contributed by atoms with Crippen LogP contribution in [0, 0.1) is 6.92 Å². The van der Waals surface area contributed by atoms with Gasteiger partial charge in [-0.2, -0.15) is 4.31 Å². The van der Waals surface area contributed by atoms with E-state index in [-0.39, 0.29) is 28.2 Å². The van der Waals surface area contributed by atoms with Gasteiger partial charge in [-0.3, -0.25) is 4.79 Å². The molecule has 2 aromatic carbocycles. The van der Waals surface area contributed by atoms with Gasteiger partial charge >= 0.3 is 0 Å². The van der Waals surface area contributed by atoms with Crippen LogP contribution in [0.4, 0.5) is 5.69 Å². The number of halogens is 1. The number of amides is 1. The highest BCUT2D eigenvalue weighted by atomic mass is 35.5. The lowest BCUT2D eigenvalue weighted by Gasteiger charge is -2.26. The van der Waals surface area contributed by atoms with Gasteiger partial charge in [0, 0.05) is 18.8 Å². The van der Waals surface area contributed by atoms with Gasteiger partial charge in [-0.05, 0) is 42.8 Å². The second-order valence-corrected chi connectivity index (χ2v) is 8.66. The number of hydrogen-bond acceptors (Lipinski definition) is 5. The fourth-order valence-electron chi connectivity index (χ4n) is 2.76. The molecule has 0 unspecified atom stereocenters. The molecule has 1 aliphatic rings. The number of carbonyl (C=O) groups is 1. The minimum absolute atomic E-state index is 0.0796. The van der Waals surface area contributed by atoms with Crippen molar-refractivity contribution in [1.29, 1.82) is 0 Å². The highest BCUT2D eigenvalue weighted by Crippen LogP contribution is 2.29. The summed E-state index contributed by atoms with van der Waals surface area (Å²) in [7, 11) is -3.64. The molecule has 0 aliphatic carbocycles. The van der Waals surface area contributed by atoms with Gasteiger partial charge in [0.2, 0.25) is 10.0 Å². The van der Waals surface area contributed by atoms with Crippen LogP contribution < -0.4 is 10.1 Å². The zero-order valence-corrected chi connectivity index (χ0v) is 16.9. The Morgan fingerprint density at radius 2 is 1.96 bits per heavy atom. The van der Waals surface area contributed by atoms with E-state index >= 15 is 0 Å². The fourth-order valence-corrected chi connectivity index (χ4v) is 4.49. The molecule has 2 aromatic rings. The minimum atomic E-state index is -3.64. The molecule has 3 rings (SSSR count). The largest absolute Gasteiger partial charge is 0.482 e. The molecule has 1 aliphatic heterocycles. The summed E-state index contributed by atoms with van der Waals surface area (Å²) >= 11 is 6.17. The van der Waals surface area contributed by atoms with E-state index in [1.807, 2.05) is 25.1 Å². The topological polar surface area (TPSA) is 84.9 Å². The number of morpholine rings is 1. The highest BCUT2D eigenvalue weighted by Gasteiger charge is 2.27. The van der Waals surface area contributed by atoms with Crippen LogP contribution in [0.1, 0.15) is 5.56 Å². The Morgan fingerprint density at radius 1 is 1.21 bits per heavy atom. The molecule has 1 saturated heterocycles. The Morgan fingerprint density at radius 3 is 2.64 bits per heavy atom. The fraction of sp³-hybridized carbons (Fsp3) is 0.316. The standard InChI is InChI=1S/C19H21ClN2O5S/c1-14-3-2-4-15(11-14)21-19(23)13-27-18-6-5-16(12-17(18)20)28(24,25)22-7-9-26-10-8-22/h2-6,11-12H,7-10,13H2,1H3,(H,21,23). The van der Waals surface area contributed by atoms with Crippen molar-refractivity contribution in [2.24, 2.45) is 0 Å². The van der Waals surface area contributed by atoms with Crippen molar-refractivity contribution in [3.63, 3.8) is 0 Å². The number of benzene rings is 2. The van der Waals surface area contributed by atoms with Gasteiger partial charge in [-0.25, -0.2) is 8.42 Å². The van der Waals surface area contributed by atoms with E-state index in [1.165, 1.54) is 22.5 Å². The van der Waals surface area contributed by atoms with E-state index in [0.29, 0.717) is 32.0 Å². The van der Waals surface area contributed by atoms with Crippen LogP contribution in [0.15, 0.2) is 47.4 Å². The molecular formula is C19H21ClN2O5S. The number of nitrogens with one attached hydrogen (secondary N) is 1. The molecule has 0 atom stereocenters. The molecule has 1 N–H and O–H groups in total. The molecule has 7 nitrogen and oxygen atoms in total. The van der Waals surface area contributed by atoms with Crippen LogP contribution in [0.2, 0.25) is 5.02 Å². The maximum atomic E-state index is 12.7. The maximum absolute atomic E-state index is 12.7. The van der Waals surface area contributed by atoms with Gasteiger partial charge in [-0.1, -0.05) is 23.7 Å². The summed E-state index contributed by atoms with van der Waals surface area (Å²) < 4.78 is 37.3. The third-order valence-corrected chi connectivity index (χ3v) is 6.36. The molecule has 150 valence electrons. The molecule has 0 aromatic heterocycles. The molecule has 0 radical (unpaired) electrons. The van der Waals surface area contributed by atoms with Gasteiger partial charge in [0.25, 0.3) is 5.91 Å². The number of anilines is 1. The molecule has 9 heteroatoms. The van der Waals surface area contributed by atoms with E-state index < -0.39 is 10.0 Å². The average Bonchev–Trinajstić information content (AvgIpc) is 2.67. The van der Waals surface area contributed by atoms with E-state index in [2.05, 4.69) is 5.32 Å². The summed E-state index contributed by atoms with van der Waals surface area (Å²) in [6.07, 6.45) is 0. The van der Waals surface area contributed by atoms with Crippen molar-refractivity contribution in [2.45, 2.75) is 11.8 Å². The van der Waals surface area contributed by atoms with Gasteiger partial charge in [-0.15, -0.1) is 0 Å². The Balaban J connectivity index is 1.63. The lowest BCUT2D eigenvalue weighted by Crippen LogP contribution is -2.40. The summed E-state index contributed by atoms with van der Waals surface area (Å²) in [5.41, 5.74) is 1.70. The smallest absolute Gasteiger partial charge is 0.262 e. The zero-order chi connectivity index (χ0) is 20.1. The number of hydrogen-bond donors (Lipinski definition) is 1. The monoisotopic (exact) mass is 424 g/mol. The summed E-state index contributed by atoms with van der Waals surface area (Å²) in [5, 5.41) is 2.85. The summed E-state index contributed by atoms with van der Waals surface area (Å²) in [6, 6.07) is 11.6. The quantitative estimate of drug-likeness (QED) is 0.770. The van der Waals surface area contributed by atoms with Gasteiger partial charge in [0.1, 0.15) is 5.75 Å². The summed E-state index contributed by atoms with van der Waals surface area (Å²) in [6.45, 7) is 3.02. The van der Waals surface area contributed by atoms with Crippen LogP contribution in [0.5, 0.6) is 5.75 Å². The predicted octanol–water partition coefficient (Wildman–Crippen LogP) is 2.69. The van der Waals surface area contributed by atoms with Crippen molar-refractivity contribution in [1.82, 2.24) is 4.31 Å². The number of aryl methyl sites for hydroxylation is 1. The second-order valence-electron chi connectivity index (χ2n) is 6.32. The normalized spacial score (nSPS) is 15.2. The number of ether oxygens (including phenoxy) is 2. The predicted molar refractivity (Wildman–Crippen MR) is 106 cm³/mol. The van der Waals surface area contributed by atoms with E-state index in [9.17, 15) is 13.2 Å². The molecule has 0 saturated carbocycles. The average molecular weight is 425 g/mol. The molecule has 0 spiro atoms. The molecule has 0 bridgehead atoms. The van der Waals surface area contributed by atoms with Crippen LogP contribution in [-0.4, -0.2) is 51.5 Å². The van der Waals surface area contributed by atoms with E-state index in [0.717, 1.165) is 5.56 Å². The Labute approximate surface area is 169 Å². The van der Waals surface area contributed by atoms with Crippen LogP contribution >= 0.6 is 11.6 Å². The first-order valence-electron chi connectivity index (χ1n) is 8.73. The molecule has 1 fully saturated rings. The van der Waals surface area contributed by atoms with Crippen LogP contribution in [-0.2, 0) is 19.6 Å². The number of rotatable bonds is 6. The van der Waals surface area contributed by atoms with E-state index in [1.54, 1.807) is 6.07 Å². The second kappa shape index (κ2) is 8.91. The molecule has 1 heterocycles. The molecular weight excluding hydrogens is 404 g/mol. The third-order valence-electron chi connectivity index (χ3n) is 4.17. The minimum Gasteiger partial charge on any atom is -0.482 e. The van der Waals surface area contributed by atoms with Crippen molar-refractivity contribution >= 4 is 33.2 Å². The van der Waals surface area contributed by atoms with Crippen LogP contribution in [0.3, 0.4) is 0 Å². The third kappa shape index (κ3) is 5.02. The summed E-state index contributed by atoms with van der Waals surface area (Å²) in [5.74, 6) is -0.103. The zero-order valence-electron chi connectivity index (χ0n) is 15.4. The maximum Gasteiger partial charge on any atom is 0.262 e. The lowest BCUT2D eigenvalue weighted by molar-refractivity contribution is -0.118. The van der Waals surface area contributed by atoms with Gasteiger partial charge in [0.15, 0.2) is 6.61 Å². The Kier molecular flexibility index (Phi) is 6.56. The van der Waals surface area contributed by atoms with Crippen molar-refractivity contribution in [3.8, 4) is 5.75 Å². The first-order valence-corrected chi connectivity index (χ1v) is 10.5. The highest BCUT2D eigenvalue weighted by molar-refractivity contribution is 7.89. The SMILES string of the molecule is Cc1cccc(NC(=O)COc2ccc(S(=O)(=O)N3CCOCC3)cc2Cl)c1. The van der Waals surface area contributed by atoms with E-state index in [4.69, 9.17) is 21.1 Å². The lowest BCUT2D eigenvalue weighted by atomic mass is 10.2. The van der Waals surface area contributed by atoms with Crippen molar-refractivity contribution in [2.75, 3.05) is 38.2 Å². The van der Waals surface area contributed by atoms with Gasteiger partial charge < -0.3 is 14.8 Å². The molecule has 1 amide bonds.